The first-order chi connectivity index (χ1) is 12.2. The van der Waals surface area contributed by atoms with E-state index in [4.69, 9.17) is 32.7 Å². The van der Waals surface area contributed by atoms with E-state index in [0.29, 0.717) is 11.3 Å². The van der Waals surface area contributed by atoms with Gasteiger partial charge in [0.15, 0.2) is 5.78 Å². The van der Waals surface area contributed by atoms with Gasteiger partial charge in [-0.25, -0.2) is 4.79 Å². The first-order valence-electron chi connectivity index (χ1n) is 7.82. The minimum absolute atomic E-state index is 0.00745. The van der Waals surface area contributed by atoms with E-state index < -0.39 is 11.6 Å². The largest absolute Gasteiger partial charge is 0.497 e. The molecule has 0 aliphatic rings. The van der Waals surface area contributed by atoms with Gasteiger partial charge in [0.25, 0.3) is 0 Å². The molecule has 5 nitrogen and oxygen atoms in total. The average Bonchev–Trinajstić information content (AvgIpc) is 2.65. The van der Waals surface area contributed by atoms with E-state index in [9.17, 15) is 14.7 Å². The SMILES string of the molecule is CCC(C)(Oc1ccc(C(=O)c2ccc(OC)cc2)c(Cl)c1Cl)C(=O)O. The summed E-state index contributed by atoms with van der Waals surface area (Å²) < 4.78 is 10.6. The van der Waals surface area contributed by atoms with Gasteiger partial charge in [0.05, 0.1) is 12.1 Å². The van der Waals surface area contributed by atoms with Crippen LogP contribution in [0.2, 0.25) is 10.0 Å². The lowest BCUT2D eigenvalue weighted by atomic mass is 10.0. The van der Waals surface area contributed by atoms with Gasteiger partial charge in [-0.2, -0.15) is 0 Å². The van der Waals surface area contributed by atoms with Gasteiger partial charge in [-0.1, -0.05) is 30.1 Å². The zero-order valence-corrected chi connectivity index (χ0v) is 16.0. The molecule has 26 heavy (non-hydrogen) atoms. The summed E-state index contributed by atoms with van der Waals surface area (Å²) in [5, 5.41) is 9.32. The molecule has 2 rings (SSSR count). The molecule has 7 heteroatoms. The van der Waals surface area contributed by atoms with Crippen LogP contribution in [0.1, 0.15) is 36.2 Å². The Balaban J connectivity index is 2.36. The van der Waals surface area contributed by atoms with Gasteiger partial charge in [-0.3, -0.25) is 4.79 Å². The molecule has 0 fully saturated rings. The van der Waals surface area contributed by atoms with Crippen molar-refractivity contribution >= 4 is 35.0 Å². The predicted molar refractivity (Wildman–Crippen MR) is 99.8 cm³/mol. The van der Waals surface area contributed by atoms with Gasteiger partial charge in [-0.05, 0) is 49.7 Å². The van der Waals surface area contributed by atoms with Crippen molar-refractivity contribution in [3.63, 3.8) is 0 Å². The number of carbonyl (C=O) groups excluding carboxylic acids is 1. The van der Waals surface area contributed by atoms with Crippen molar-refractivity contribution < 1.29 is 24.2 Å². The Hall–Kier alpha value is -2.24. The van der Waals surface area contributed by atoms with E-state index >= 15 is 0 Å². The van der Waals surface area contributed by atoms with Gasteiger partial charge in [-0.15, -0.1) is 0 Å². The topological polar surface area (TPSA) is 72.8 Å². The highest BCUT2D eigenvalue weighted by atomic mass is 35.5. The van der Waals surface area contributed by atoms with E-state index in [1.54, 1.807) is 31.2 Å². The molecule has 0 heterocycles. The quantitative estimate of drug-likeness (QED) is 0.676. The minimum Gasteiger partial charge on any atom is -0.497 e. The number of benzene rings is 2. The van der Waals surface area contributed by atoms with Crippen LogP contribution < -0.4 is 9.47 Å². The second-order valence-electron chi connectivity index (χ2n) is 5.79. The molecule has 1 N–H and O–H groups in total. The number of carbonyl (C=O) groups is 2. The van der Waals surface area contributed by atoms with E-state index in [0.717, 1.165) is 0 Å². The first-order valence-corrected chi connectivity index (χ1v) is 8.58. The van der Waals surface area contributed by atoms with Crippen molar-refractivity contribution in [2.75, 3.05) is 7.11 Å². The Bertz CT molecular complexity index is 833. The van der Waals surface area contributed by atoms with Crippen LogP contribution in [-0.4, -0.2) is 29.6 Å². The maximum absolute atomic E-state index is 12.7. The Labute approximate surface area is 161 Å². The normalized spacial score (nSPS) is 13.0. The van der Waals surface area contributed by atoms with Crippen LogP contribution in [0.15, 0.2) is 36.4 Å². The number of ketones is 1. The summed E-state index contributed by atoms with van der Waals surface area (Å²) in [5.74, 6) is -0.704. The summed E-state index contributed by atoms with van der Waals surface area (Å²) in [6, 6.07) is 9.48. The van der Waals surface area contributed by atoms with Gasteiger partial charge in [0, 0.05) is 11.1 Å². The van der Waals surface area contributed by atoms with Crippen molar-refractivity contribution in [1.29, 1.82) is 0 Å². The fourth-order valence-electron chi connectivity index (χ4n) is 2.19. The number of hydrogen-bond acceptors (Lipinski definition) is 4. The second kappa shape index (κ2) is 7.98. The van der Waals surface area contributed by atoms with Gasteiger partial charge >= 0.3 is 5.97 Å². The Morgan fingerprint density at radius 3 is 2.19 bits per heavy atom. The first kappa shape index (κ1) is 20.1. The predicted octanol–water partition coefficient (Wildman–Crippen LogP) is 4.87. The molecule has 1 atom stereocenters. The summed E-state index contributed by atoms with van der Waals surface area (Å²) in [6.07, 6.45) is 0.225. The van der Waals surface area contributed by atoms with Crippen molar-refractivity contribution in [3.8, 4) is 11.5 Å². The lowest BCUT2D eigenvalue weighted by molar-refractivity contribution is -0.154. The van der Waals surface area contributed by atoms with E-state index in [1.807, 2.05) is 0 Å². The molecule has 1 unspecified atom stereocenters. The Morgan fingerprint density at radius 1 is 1.08 bits per heavy atom. The van der Waals surface area contributed by atoms with E-state index in [1.165, 1.54) is 26.2 Å². The summed E-state index contributed by atoms with van der Waals surface area (Å²) in [5.41, 5.74) is -0.835. The molecule has 0 saturated heterocycles. The molecule has 2 aromatic rings. The van der Waals surface area contributed by atoms with Crippen LogP contribution in [-0.2, 0) is 4.79 Å². The summed E-state index contributed by atoms with van der Waals surface area (Å²) >= 11 is 12.5. The highest BCUT2D eigenvalue weighted by molar-refractivity contribution is 6.45. The van der Waals surface area contributed by atoms with Crippen LogP contribution in [0, 0.1) is 0 Å². The Morgan fingerprint density at radius 2 is 1.69 bits per heavy atom. The standard InChI is InChI=1S/C19H18Cl2O5/c1-4-19(2,18(23)24)26-14-10-9-13(15(20)16(14)21)17(22)11-5-7-12(25-3)8-6-11/h5-10H,4H2,1-3H3,(H,23,24). The molecule has 0 amide bonds. The van der Waals surface area contributed by atoms with Gasteiger partial charge < -0.3 is 14.6 Å². The van der Waals surface area contributed by atoms with E-state index in [-0.39, 0.29) is 33.6 Å². The lowest BCUT2D eigenvalue weighted by Crippen LogP contribution is -2.40. The van der Waals surface area contributed by atoms with Gasteiger partial charge in [0.1, 0.15) is 16.5 Å². The number of aliphatic carboxylic acids is 1. The molecule has 0 aliphatic carbocycles. The van der Waals surface area contributed by atoms with E-state index in [2.05, 4.69) is 0 Å². The maximum atomic E-state index is 12.7. The monoisotopic (exact) mass is 396 g/mol. The number of ether oxygens (including phenoxy) is 2. The van der Waals surface area contributed by atoms with Crippen molar-refractivity contribution in [1.82, 2.24) is 0 Å². The zero-order valence-electron chi connectivity index (χ0n) is 14.5. The van der Waals surface area contributed by atoms with Crippen LogP contribution >= 0.6 is 23.2 Å². The zero-order chi connectivity index (χ0) is 19.5. The third-order valence-corrected chi connectivity index (χ3v) is 4.97. The molecule has 0 bridgehead atoms. The lowest BCUT2D eigenvalue weighted by Gasteiger charge is -2.25. The number of carboxylic acid groups (broad SMARTS) is 1. The third-order valence-electron chi connectivity index (χ3n) is 4.11. The fourth-order valence-corrected chi connectivity index (χ4v) is 2.64. The number of rotatable bonds is 7. The van der Waals surface area contributed by atoms with Crippen LogP contribution in [0.3, 0.4) is 0 Å². The van der Waals surface area contributed by atoms with Crippen molar-refractivity contribution in [3.05, 3.63) is 57.6 Å². The molecule has 0 saturated carbocycles. The van der Waals surface area contributed by atoms with Gasteiger partial charge in [0.2, 0.25) is 5.60 Å². The van der Waals surface area contributed by atoms with Crippen molar-refractivity contribution in [2.24, 2.45) is 0 Å². The molecular formula is C19H18Cl2O5. The number of hydrogen-bond donors (Lipinski definition) is 1. The maximum Gasteiger partial charge on any atom is 0.347 e. The molecule has 0 aromatic heterocycles. The second-order valence-corrected chi connectivity index (χ2v) is 6.54. The highest BCUT2D eigenvalue weighted by Crippen LogP contribution is 2.38. The molecule has 2 aromatic carbocycles. The van der Waals surface area contributed by atoms with Crippen LogP contribution in [0.4, 0.5) is 0 Å². The van der Waals surface area contributed by atoms with Crippen molar-refractivity contribution in [2.45, 2.75) is 25.9 Å². The number of carboxylic acids is 1. The molecular weight excluding hydrogens is 379 g/mol. The summed E-state index contributed by atoms with van der Waals surface area (Å²) in [6.45, 7) is 3.13. The Kier molecular flexibility index (Phi) is 6.16. The summed E-state index contributed by atoms with van der Waals surface area (Å²) in [7, 11) is 1.54. The highest BCUT2D eigenvalue weighted by Gasteiger charge is 2.34. The molecule has 138 valence electrons. The fraction of sp³-hybridized carbons (Fsp3) is 0.263. The molecule has 0 aliphatic heterocycles. The average molecular weight is 397 g/mol. The molecule has 0 spiro atoms. The van der Waals surface area contributed by atoms with Crippen LogP contribution in [0.5, 0.6) is 11.5 Å². The smallest absolute Gasteiger partial charge is 0.347 e. The van der Waals surface area contributed by atoms with Crippen LogP contribution in [0.25, 0.3) is 0 Å². The number of halogens is 2. The minimum atomic E-state index is -1.45. The summed E-state index contributed by atoms with van der Waals surface area (Å²) in [4.78, 5) is 24.1. The third kappa shape index (κ3) is 3.94. The number of methoxy groups -OCH3 is 1. The molecule has 0 radical (unpaired) electrons.